The molecule has 0 heterocycles. The van der Waals surface area contributed by atoms with E-state index in [1.54, 1.807) is 24.3 Å². The third kappa shape index (κ3) is 9.62. The van der Waals surface area contributed by atoms with Gasteiger partial charge in [0.15, 0.2) is 22.6 Å². The van der Waals surface area contributed by atoms with E-state index in [9.17, 15) is 13.7 Å². The Hall–Kier alpha value is -3.28. The van der Waals surface area contributed by atoms with E-state index in [1.807, 2.05) is 0 Å². The Morgan fingerprint density at radius 3 is 1.07 bits per heavy atom. The molecule has 0 saturated heterocycles. The molecular formula is C50H68O5PS+. The molecule has 0 aromatic heterocycles. The molecule has 0 aliphatic carbocycles. The van der Waals surface area contributed by atoms with Gasteiger partial charge >= 0.3 is 7.94 Å². The third-order valence-electron chi connectivity index (χ3n) is 10.9. The Balaban J connectivity index is 1.85. The molecule has 5 aromatic carbocycles. The van der Waals surface area contributed by atoms with Crippen LogP contribution in [0.25, 0.3) is 21.5 Å². The first-order valence-corrected chi connectivity index (χ1v) is 22.9. The lowest BCUT2D eigenvalue weighted by Gasteiger charge is -2.30. The molecule has 0 aliphatic heterocycles. The molecular weight excluding hydrogens is 744 g/mol. The Morgan fingerprint density at radius 1 is 0.456 bits per heavy atom. The zero-order valence-electron chi connectivity index (χ0n) is 37.9. The molecule has 5 aromatic rings. The monoisotopic (exact) mass is 811 g/mol. The number of hydrogen-bond acceptors (Lipinski definition) is 4. The van der Waals surface area contributed by atoms with Crippen LogP contribution in [0.5, 0.6) is 11.5 Å². The van der Waals surface area contributed by atoms with E-state index in [0.717, 1.165) is 32.7 Å². The summed E-state index contributed by atoms with van der Waals surface area (Å²) in [5, 5.41) is 4.75. The predicted octanol–water partition coefficient (Wildman–Crippen LogP) is 13.9. The number of rotatable bonds is 6. The lowest BCUT2D eigenvalue weighted by molar-refractivity contribution is 0.353. The van der Waals surface area contributed by atoms with Crippen molar-refractivity contribution >= 4 is 45.9 Å². The van der Waals surface area contributed by atoms with Crippen molar-refractivity contribution in [3.8, 4) is 11.5 Å². The van der Waals surface area contributed by atoms with E-state index >= 15 is 0 Å². The highest BCUT2D eigenvalue weighted by molar-refractivity contribution is 7.79. The normalized spacial score (nSPS) is 14.3. The summed E-state index contributed by atoms with van der Waals surface area (Å²) >= 11 is -2.19. The Kier molecular flexibility index (Phi) is 11.6. The van der Waals surface area contributed by atoms with Gasteiger partial charge < -0.3 is 4.55 Å². The maximum absolute atomic E-state index is 13.2. The lowest BCUT2D eigenvalue weighted by atomic mass is 9.76. The van der Waals surface area contributed by atoms with Gasteiger partial charge in [-0.2, -0.15) is 4.89 Å². The maximum Gasteiger partial charge on any atom is 0.533 e. The van der Waals surface area contributed by atoms with Gasteiger partial charge in [0, 0.05) is 11.1 Å². The second-order valence-electron chi connectivity index (χ2n) is 22.1. The van der Waals surface area contributed by atoms with Gasteiger partial charge in [-0.1, -0.05) is 149 Å². The summed E-state index contributed by atoms with van der Waals surface area (Å²) < 4.78 is 36.2. The van der Waals surface area contributed by atoms with Crippen molar-refractivity contribution in [1.82, 2.24) is 0 Å². The molecule has 0 aliphatic rings. The fourth-order valence-electron chi connectivity index (χ4n) is 7.36. The van der Waals surface area contributed by atoms with Gasteiger partial charge in [0.2, 0.25) is 5.30 Å². The van der Waals surface area contributed by atoms with Crippen LogP contribution in [0.2, 0.25) is 0 Å². The van der Waals surface area contributed by atoms with Crippen LogP contribution in [-0.4, -0.2) is 13.7 Å². The molecule has 5 nitrogen and oxygen atoms in total. The Bertz CT molecular complexity index is 2200. The first-order valence-electron chi connectivity index (χ1n) is 20.2. The first-order chi connectivity index (χ1) is 25.7. The minimum Gasteiger partial charge on any atom is -0.302 e. The van der Waals surface area contributed by atoms with E-state index in [0.29, 0.717) is 16.8 Å². The van der Waals surface area contributed by atoms with Crippen LogP contribution in [0.3, 0.4) is 0 Å². The van der Waals surface area contributed by atoms with Crippen LogP contribution in [0, 0.1) is 0 Å². The highest BCUT2D eigenvalue weighted by Crippen LogP contribution is 2.59. The van der Waals surface area contributed by atoms with Crippen molar-refractivity contribution in [1.29, 1.82) is 0 Å². The second kappa shape index (κ2) is 14.8. The van der Waals surface area contributed by atoms with Crippen molar-refractivity contribution in [3.63, 3.8) is 0 Å². The highest BCUT2D eigenvalue weighted by Gasteiger charge is 2.50. The number of fused-ring (bicyclic) bond motifs is 2. The molecule has 2 N–H and O–H groups in total. The van der Waals surface area contributed by atoms with Crippen molar-refractivity contribution in [2.24, 2.45) is 0 Å². The van der Waals surface area contributed by atoms with E-state index in [4.69, 9.17) is 9.05 Å². The van der Waals surface area contributed by atoms with Crippen molar-refractivity contribution < 1.29 is 22.7 Å². The van der Waals surface area contributed by atoms with E-state index in [-0.39, 0.29) is 37.4 Å². The molecule has 308 valence electrons. The second-order valence-corrected chi connectivity index (χ2v) is 25.0. The summed E-state index contributed by atoms with van der Waals surface area (Å²) in [5.41, 5.74) is 5.60. The van der Waals surface area contributed by atoms with E-state index in [1.165, 1.54) is 22.3 Å². The Labute approximate surface area is 346 Å². The van der Waals surface area contributed by atoms with Gasteiger partial charge in [-0.05, 0) is 125 Å². The zero-order valence-corrected chi connectivity index (χ0v) is 39.6. The van der Waals surface area contributed by atoms with Crippen LogP contribution in [0.15, 0.2) is 77.7 Å². The lowest BCUT2D eigenvalue weighted by Crippen LogP contribution is -2.24. The molecule has 0 spiro atoms. The summed E-state index contributed by atoms with van der Waals surface area (Å²) in [5.74, 6) is 1.08. The minimum atomic E-state index is -4.03. The molecule has 1 unspecified atom stereocenters. The van der Waals surface area contributed by atoms with Crippen molar-refractivity contribution in [2.45, 2.75) is 162 Å². The highest BCUT2D eigenvalue weighted by atomic mass is 32.2. The van der Waals surface area contributed by atoms with Crippen molar-refractivity contribution in [3.05, 3.63) is 106 Å². The summed E-state index contributed by atoms with van der Waals surface area (Å²) in [6.07, 6.45) is 0. The molecule has 1 atom stereocenters. The van der Waals surface area contributed by atoms with E-state index < -0.39 is 19.0 Å². The fraction of sp³-hybridized carbons (Fsp3) is 0.480. The molecule has 0 radical (unpaired) electrons. The molecule has 57 heavy (non-hydrogen) atoms. The van der Waals surface area contributed by atoms with Crippen LogP contribution >= 0.6 is 7.94 Å². The van der Waals surface area contributed by atoms with Crippen LogP contribution < -0.4 is 14.4 Å². The van der Waals surface area contributed by atoms with Gasteiger partial charge in [0.05, 0.1) is 4.90 Å². The van der Waals surface area contributed by atoms with Crippen LogP contribution in [0.1, 0.15) is 158 Å². The maximum atomic E-state index is 13.2. The predicted molar refractivity (Wildman–Crippen MR) is 246 cm³/mol. The fourth-order valence-corrected chi connectivity index (χ4v) is 9.33. The summed E-state index contributed by atoms with van der Waals surface area (Å²) in [4.78, 5) is 13.5. The number of benzene rings is 5. The van der Waals surface area contributed by atoms with Gasteiger partial charge in [-0.3, -0.25) is 9.05 Å². The average molecular weight is 812 g/mol. The molecule has 0 saturated carbocycles. The average Bonchev–Trinajstić information content (AvgIpc) is 3.04. The summed E-state index contributed by atoms with van der Waals surface area (Å²) in [6, 6.07) is 24.2. The summed E-state index contributed by atoms with van der Waals surface area (Å²) in [6.45, 7) is 39.8. The molecule has 7 heteroatoms. The molecule has 0 fully saturated rings. The van der Waals surface area contributed by atoms with Crippen LogP contribution in [0.4, 0.5) is 0 Å². The van der Waals surface area contributed by atoms with Gasteiger partial charge in [0.1, 0.15) is 0 Å². The van der Waals surface area contributed by atoms with Crippen molar-refractivity contribution in [2.75, 3.05) is 0 Å². The minimum absolute atomic E-state index is 0.0545. The van der Waals surface area contributed by atoms with Gasteiger partial charge in [-0.25, -0.2) is 4.21 Å². The zero-order chi connectivity index (χ0) is 43.1. The standard InChI is InChI=1S/C50H67O5PS/c1-45(2,3)33-23-31-25-41(49(13,14)15)43(29-37(31)39(27-33)47(7,8)9)54-56(51,35-19-21-36(22-20-35)57(52)53)55-44-30-38-32(26-42(44)50(16,17)18)24-34(46(4,5)6)28-40(38)48(10,11)12/h19-30,51H,1-18H3/p+1. The number of hydrogen-bond donors (Lipinski definition) is 2. The Morgan fingerprint density at radius 2 is 0.789 bits per heavy atom. The van der Waals surface area contributed by atoms with Gasteiger partial charge in [-0.15, -0.1) is 0 Å². The molecule has 0 amide bonds. The quantitative estimate of drug-likeness (QED) is 0.132. The third-order valence-corrected chi connectivity index (χ3v) is 13.4. The largest absolute Gasteiger partial charge is 0.533 e. The first kappa shape index (κ1) is 44.8. The molecule has 5 rings (SSSR count). The SMILES string of the molecule is CC(C)(C)c1cc(C(C)(C)C)c2cc(O[P+](O)(Oc3cc4c(C(C)(C)C)cc(C(C)(C)C)cc4cc3C(C)(C)C)c3ccc(S(=O)O)cc3)c(C(C)(C)C)cc2c1. The van der Waals surface area contributed by atoms with E-state index in [2.05, 4.69) is 173 Å². The summed E-state index contributed by atoms with van der Waals surface area (Å²) in [7, 11) is -4.03. The topological polar surface area (TPSA) is 76.0 Å². The molecule has 0 bridgehead atoms. The smallest absolute Gasteiger partial charge is 0.302 e. The van der Waals surface area contributed by atoms with Crippen LogP contribution in [-0.2, 0) is 43.6 Å². The van der Waals surface area contributed by atoms with Gasteiger partial charge in [0.25, 0.3) is 0 Å².